The number of carbonyl (C=O) groups excluding carboxylic acids is 4. The number of rotatable bonds is 7. The molecule has 312 valence electrons. The van der Waals surface area contributed by atoms with E-state index in [-0.39, 0.29) is 59.9 Å². The van der Waals surface area contributed by atoms with Crippen LogP contribution in [0.3, 0.4) is 0 Å². The SMILES string of the molecule is COC(=O)N[C@H]1CCCCC/C=C\[C@@H]2C[C@@]2(C(=O)NS(=O)(=O)C2CC2)NC(=O)[C@@H]2C[C@@H](Oc3nc(-c4ccc(C(F)(F)F)cc4)nc4c3oc3ncccc34)CN2C1=O. The Kier molecular flexibility index (Phi) is 10.5. The van der Waals surface area contributed by atoms with E-state index in [0.717, 1.165) is 25.7 Å². The number of furan rings is 1. The fourth-order valence-corrected chi connectivity index (χ4v) is 9.04. The van der Waals surface area contributed by atoms with E-state index in [2.05, 4.69) is 30.3 Å². The van der Waals surface area contributed by atoms with E-state index < -0.39 is 80.5 Å². The number of hydrogen-bond donors (Lipinski definition) is 3. The number of fused-ring (bicyclic) bond motifs is 5. The lowest BCUT2D eigenvalue weighted by Gasteiger charge is -2.29. The molecular formula is C39H40F3N7O9S. The molecule has 0 spiro atoms. The highest BCUT2D eigenvalue weighted by molar-refractivity contribution is 7.91. The lowest BCUT2D eigenvalue weighted by Crippen LogP contribution is -2.58. The minimum Gasteiger partial charge on any atom is -0.470 e. The Morgan fingerprint density at radius 2 is 1.83 bits per heavy atom. The normalized spacial score (nSPS) is 25.9. The largest absolute Gasteiger partial charge is 0.470 e. The number of pyridine rings is 1. The molecule has 0 unspecified atom stereocenters. The fraction of sp³-hybridized carbons (Fsp3) is 0.462. The van der Waals surface area contributed by atoms with Gasteiger partial charge >= 0.3 is 12.3 Å². The number of alkyl carbamates (subject to hydrolysis) is 1. The number of aromatic nitrogens is 3. The third kappa shape index (κ3) is 8.13. The quantitative estimate of drug-likeness (QED) is 0.219. The summed E-state index contributed by atoms with van der Waals surface area (Å²) in [5.74, 6) is -2.90. The van der Waals surface area contributed by atoms with E-state index in [0.29, 0.717) is 37.5 Å². The Bertz CT molecular complexity index is 2460. The fourth-order valence-electron chi connectivity index (χ4n) is 7.68. The van der Waals surface area contributed by atoms with Gasteiger partial charge in [0.05, 0.1) is 29.9 Å². The molecule has 4 aliphatic rings. The summed E-state index contributed by atoms with van der Waals surface area (Å²) < 4.78 is 85.3. The van der Waals surface area contributed by atoms with Crippen LogP contribution in [-0.4, -0.2) is 94.7 Å². The number of nitrogens with zero attached hydrogens (tertiary/aromatic N) is 4. The number of nitrogens with one attached hydrogen (secondary N) is 3. The van der Waals surface area contributed by atoms with Crippen LogP contribution in [0.1, 0.15) is 63.4 Å². The number of sulfonamides is 1. The number of benzene rings is 1. The maximum atomic E-state index is 14.4. The van der Waals surface area contributed by atoms with Crippen LogP contribution in [-0.2, 0) is 35.3 Å². The predicted octanol–water partition coefficient (Wildman–Crippen LogP) is 4.53. The van der Waals surface area contributed by atoms with Crippen molar-refractivity contribution in [3.63, 3.8) is 0 Å². The van der Waals surface area contributed by atoms with Gasteiger partial charge in [-0.25, -0.2) is 23.2 Å². The van der Waals surface area contributed by atoms with Gasteiger partial charge in [-0.2, -0.15) is 18.2 Å². The average molecular weight is 840 g/mol. The van der Waals surface area contributed by atoms with E-state index in [1.54, 1.807) is 18.2 Å². The molecule has 16 nitrogen and oxygen atoms in total. The molecular weight excluding hydrogens is 800 g/mol. The Morgan fingerprint density at radius 3 is 2.56 bits per heavy atom. The lowest BCUT2D eigenvalue weighted by atomic mass is 10.1. The minimum absolute atomic E-state index is 0.00119. The maximum Gasteiger partial charge on any atom is 0.416 e. The van der Waals surface area contributed by atoms with Crippen molar-refractivity contribution in [2.75, 3.05) is 13.7 Å². The highest BCUT2D eigenvalue weighted by Gasteiger charge is 2.62. The molecule has 59 heavy (non-hydrogen) atoms. The molecule has 1 saturated heterocycles. The average Bonchev–Trinajstić information content (AvgIpc) is 4.11. The minimum atomic E-state index is -4.58. The van der Waals surface area contributed by atoms with Crippen LogP contribution >= 0.6 is 0 Å². The number of methoxy groups -OCH3 is 1. The first-order valence-corrected chi connectivity index (χ1v) is 20.8. The van der Waals surface area contributed by atoms with Gasteiger partial charge in [-0.3, -0.25) is 19.1 Å². The Labute approximate surface area is 335 Å². The molecule has 4 amide bonds. The molecule has 3 aromatic heterocycles. The zero-order valence-corrected chi connectivity index (χ0v) is 32.5. The summed E-state index contributed by atoms with van der Waals surface area (Å²) in [6, 6.07) is 5.20. The molecule has 3 fully saturated rings. The van der Waals surface area contributed by atoms with Crippen molar-refractivity contribution in [3.05, 3.63) is 60.3 Å². The molecule has 5 atom stereocenters. The topological polar surface area (TPSA) is 212 Å². The summed E-state index contributed by atoms with van der Waals surface area (Å²) in [6.45, 7) is -0.214. The van der Waals surface area contributed by atoms with Gasteiger partial charge in [-0.15, -0.1) is 0 Å². The van der Waals surface area contributed by atoms with Crippen molar-refractivity contribution in [3.8, 4) is 17.3 Å². The van der Waals surface area contributed by atoms with Gasteiger partial charge in [0.25, 0.3) is 11.8 Å². The van der Waals surface area contributed by atoms with Crippen molar-refractivity contribution in [2.24, 2.45) is 5.92 Å². The van der Waals surface area contributed by atoms with Gasteiger partial charge in [0, 0.05) is 24.1 Å². The lowest BCUT2D eigenvalue weighted by molar-refractivity contribution is -0.141. The molecule has 20 heteroatoms. The first-order valence-electron chi connectivity index (χ1n) is 19.3. The van der Waals surface area contributed by atoms with Gasteiger partial charge in [0.1, 0.15) is 29.2 Å². The van der Waals surface area contributed by atoms with Crippen LogP contribution < -0.4 is 20.1 Å². The standard InChI is InChI=1S/C39H40F3N7O9S/c1-56-37(53)44-27-10-6-4-2-3-5-8-23-19-38(23,36(52)48-59(54,55)25-15-16-25)47-32(50)28-18-24(20-49(28)35(27)51)57-34-30-29(26-9-7-17-43-33(26)58-30)45-31(46-34)21-11-13-22(14-12-21)39(40,41)42/h5,7-9,11-14,17,23-25,27-28H,2-4,6,10,15-16,18-20H2,1H3,(H,44,53)(H,47,50)(H,48,52)/b8-5-/t23-,24-,27+,28+,38-/m1/s1. The van der Waals surface area contributed by atoms with Gasteiger partial charge in [-0.1, -0.05) is 37.1 Å². The summed E-state index contributed by atoms with van der Waals surface area (Å²) in [4.78, 5) is 69.7. The third-order valence-corrected chi connectivity index (χ3v) is 12.9. The second-order valence-corrected chi connectivity index (χ2v) is 17.2. The van der Waals surface area contributed by atoms with E-state index in [1.165, 1.54) is 23.2 Å². The molecule has 5 heterocycles. The smallest absolute Gasteiger partial charge is 0.416 e. The van der Waals surface area contributed by atoms with Gasteiger partial charge < -0.3 is 29.4 Å². The van der Waals surface area contributed by atoms with Crippen LogP contribution in [0.25, 0.3) is 33.6 Å². The molecule has 1 aromatic carbocycles. The van der Waals surface area contributed by atoms with Crippen molar-refractivity contribution in [1.29, 1.82) is 0 Å². The summed E-state index contributed by atoms with van der Waals surface area (Å²) in [7, 11) is -2.81. The van der Waals surface area contributed by atoms with E-state index in [9.17, 15) is 40.8 Å². The van der Waals surface area contributed by atoms with Crippen LogP contribution in [0.4, 0.5) is 18.0 Å². The highest BCUT2D eigenvalue weighted by Crippen LogP contribution is 2.46. The molecule has 2 aliphatic heterocycles. The Morgan fingerprint density at radius 1 is 1.05 bits per heavy atom. The summed E-state index contributed by atoms with van der Waals surface area (Å²) in [6.07, 6.45) is 2.40. The number of ether oxygens (including phenoxy) is 2. The predicted molar refractivity (Wildman–Crippen MR) is 203 cm³/mol. The van der Waals surface area contributed by atoms with E-state index in [4.69, 9.17) is 13.9 Å². The molecule has 0 radical (unpaired) electrons. The van der Waals surface area contributed by atoms with Gasteiger partial charge in [-0.05, 0) is 62.8 Å². The van der Waals surface area contributed by atoms with Crippen molar-refractivity contribution in [2.45, 2.75) is 92.9 Å². The molecule has 4 aromatic rings. The number of amides is 4. The van der Waals surface area contributed by atoms with Crippen molar-refractivity contribution >= 4 is 56.0 Å². The second-order valence-electron chi connectivity index (χ2n) is 15.2. The Balaban J connectivity index is 1.15. The van der Waals surface area contributed by atoms with Crippen LogP contribution in [0.2, 0.25) is 0 Å². The van der Waals surface area contributed by atoms with E-state index in [1.807, 2.05) is 6.08 Å². The molecule has 2 saturated carbocycles. The number of allylic oxidation sites excluding steroid dienone is 1. The first kappa shape index (κ1) is 40.0. The number of hydrogen-bond acceptors (Lipinski definition) is 12. The number of carbonyl (C=O) groups is 4. The third-order valence-electron chi connectivity index (χ3n) is 11.1. The highest BCUT2D eigenvalue weighted by atomic mass is 32.2. The van der Waals surface area contributed by atoms with E-state index >= 15 is 0 Å². The second kappa shape index (κ2) is 15.4. The molecule has 3 N–H and O–H groups in total. The zero-order chi connectivity index (χ0) is 41.7. The number of alkyl halides is 3. The monoisotopic (exact) mass is 839 g/mol. The maximum absolute atomic E-state index is 14.4. The molecule has 0 bridgehead atoms. The van der Waals surface area contributed by atoms with Gasteiger partial charge in [0.15, 0.2) is 5.82 Å². The molecule has 2 aliphatic carbocycles. The summed E-state index contributed by atoms with van der Waals surface area (Å²) in [5.41, 5.74) is -1.76. The van der Waals surface area contributed by atoms with Crippen LogP contribution in [0.15, 0.2) is 59.2 Å². The number of halogens is 3. The van der Waals surface area contributed by atoms with Crippen LogP contribution in [0, 0.1) is 5.92 Å². The van der Waals surface area contributed by atoms with Crippen molar-refractivity contribution in [1.82, 2.24) is 35.2 Å². The molecule has 8 rings (SSSR count). The van der Waals surface area contributed by atoms with Crippen LogP contribution in [0.5, 0.6) is 5.88 Å². The Hall–Kier alpha value is -5.79. The summed E-state index contributed by atoms with van der Waals surface area (Å²) in [5, 5.41) is 5.15. The first-order chi connectivity index (χ1) is 28.2. The van der Waals surface area contributed by atoms with Gasteiger partial charge in [0.2, 0.25) is 33.1 Å². The summed E-state index contributed by atoms with van der Waals surface area (Å²) >= 11 is 0. The zero-order valence-electron chi connectivity index (χ0n) is 31.7. The van der Waals surface area contributed by atoms with Crippen molar-refractivity contribution < 1.29 is 54.7 Å².